The van der Waals surface area contributed by atoms with E-state index in [-0.39, 0.29) is 0 Å². The average molecular weight is 265 g/mol. The van der Waals surface area contributed by atoms with E-state index in [2.05, 4.69) is 5.32 Å². The molecule has 0 radical (unpaired) electrons. The number of rotatable bonds is 6. The third-order valence-corrected chi connectivity index (χ3v) is 2.66. The summed E-state index contributed by atoms with van der Waals surface area (Å²) in [5, 5.41) is 11.4. The molecule has 104 valence electrons. The van der Waals surface area contributed by atoms with E-state index in [1.165, 1.54) is 13.8 Å². The van der Waals surface area contributed by atoms with Crippen molar-refractivity contribution in [2.75, 3.05) is 0 Å². The third kappa shape index (κ3) is 4.28. The molecule has 1 unspecified atom stereocenters. The maximum atomic E-state index is 12.0. The molecule has 0 bridgehead atoms. The van der Waals surface area contributed by atoms with E-state index in [1.54, 1.807) is 31.2 Å². The molecule has 0 aliphatic rings. The Balaban J connectivity index is 2.70. The molecule has 1 aromatic carbocycles. The van der Waals surface area contributed by atoms with Gasteiger partial charge in [0.2, 0.25) is 0 Å². The minimum Gasteiger partial charge on any atom is -0.481 e. The lowest BCUT2D eigenvalue weighted by Crippen LogP contribution is -2.53. The Bertz CT molecular complexity index is 442. The van der Waals surface area contributed by atoms with Crippen molar-refractivity contribution in [1.29, 1.82) is 0 Å². The van der Waals surface area contributed by atoms with Crippen molar-refractivity contribution in [2.45, 2.75) is 38.8 Å². The Morgan fingerprint density at radius 1 is 1.32 bits per heavy atom. The zero-order chi connectivity index (χ0) is 14.5. The quantitative estimate of drug-likeness (QED) is 0.822. The van der Waals surface area contributed by atoms with Crippen LogP contribution in [0.4, 0.5) is 0 Å². The second-order valence-electron chi connectivity index (χ2n) is 4.75. The molecule has 0 fully saturated rings. The van der Waals surface area contributed by atoms with Gasteiger partial charge >= 0.3 is 5.97 Å². The number of carbonyl (C=O) groups excluding carboxylic acids is 1. The van der Waals surface area contributed by atoms with Gasteiger partial charge in [0.25, 0.3) is 5.91 Å². The first-order valence-corrected chi connectivity index (χ1v) is 6.14. The SMILES string of the molecule is CCC(Oc1ccccc1)C(=O)NC(C)(C)C(=O)O. The molecular formula is C14H19NO4. The van der Waals surface area contributed by atoms with Crippen LogP contribution in [0.2, 0.25) is 0 Å². The Kier molecular flexibility index (Phi) is 4.92. The first kappa shape index (κ1) is 15.0. The number of amides is 1. The van der Waals surface area contributed by atoms with Crippen molar-refractivity contribution < 1.29 is 19.4 Å². The summed E-state index contributed by atoms with van der Waals surface area (Å²) in [4.78, 5) is 23.0. The molecule has 0 saturated carbocycles. The first-order valence-electron chi connectivity index (χ1n) is 6.14. The number of benzene rings is 1. The van der Waals surface area contributed by atoms with Crippen LogP contribution < -0.4 is 10.1 Å². The van der Waals surface area contributed by atoms with E-state index in [0.29, 0.717) is 12.2 Å². The zero-order valence-corrected chi connectivity index (χ0v) is 11.3. The fourth-order valence-electron chi connectivity index (χ4n) is 1.43. The molecule has 2 N–H and O–H groups in total. The van der Waals surface area contributed by atoms with Crippen molar-refractivity contribution in [3.8, 4) is 5.75 Å². The van der Waals surface area contributed by atoms with Crippen LogP contribution in [0.15, 0.2) is 30.3 Å². The summed E-state index contributed by atoms with van der Waals surface area (Å²) < 4.78 is 5.55. The second kappa shape index (κ2) is 6.22. The van der Waals surface area contributed by atoms with Crippen LogP contribution in [0.25, 0.3) is 0 Å². The van der Waals surface area contributed by atoms with Gasteiger partial charge in [-0.25, -0.2) is 4.79 Å². The van der Waals surface area contributed by atoms with Crippen molar-refractivity contribution >= 4 is 11.9 Å². The number of carboxylic acids is 1. The van der Waals surface area contributed by atoms with Gasteiger partial charge < -0.3 is 15.2 Å². The normalized spacial score (nSPS) is 12.6. The van der Waals surface area contributed by atoms with Crippen LogP contribution in [0, 0.1) is 0 Å². The monoisotopic (exact) mass is 265 g/mol. The number of para-hydroxylation sites is 1. The zero-order valence-electron chi connectivity index (χ0n) is 11.3. The van der Waals surface area contributed by atoms with Crippen LogP contribution in [0.1, 0.15) is 27.2 Å². The fourth-order valence-corrected chi connectivity index (χ4v) is 1.43. The number of carbonyl (C=O) groups is 2. The lowest BCUT2D eigenvalue weighted by Gasteiger charge is -2.24. The summed E-state index contributed by atoms with van der Waals surface area (Å²) in [7, 11) is 0. The van der Waals surface area contributed by atoms with E-state index < -0.39 is 23.5 Å². The van der Waals surface area contributed by atoms with Crippen LogP contribution in [0.5, 0.6) is 5.75 Å². The maximum absolute atomic E-state index is 12.0. The Morgan fingerprint density at radius 3 is 2.37 bits per heavy atom. The molecule has 1 aromatic rings. The maximum Gasteiger partial charge on any atom is 0.328 e. The molecule has 0 spiro atoms. The van der Waals surface area contributed by atoms with Gasteiger partial charge in [-0.2, -0.15) is 0 Å². The highest BCUT2D eigenvalue weighted by molar-refractivity contribution is 5.88. The summed E-state index contributed by atoms with van der Waals surface area (Å²) in [6.45, 7) is 4.67. The van der Waals surface area contributed by atoms with Crippen molar-refractivity contribution in [3.63, 3.8) is 0 Å². The highest BCUT2D eigenvalue weighted by Gasteiger charge is 2.32. The fraction of sp³-hybridized carbons (Fsp3) is 0.429. The van der Waals surface area contributed by atoms with Crippen LogP contribution in [-0.2, 0) is 9.59 Å². The lowest BCUT2D eigenvalue weighted by molar-refractivity contribution is -0.147. The molecule has 0 saturated heterocycles. The van der Waals surface area contributed by atoms with Crippen LogP contribution in [-0.4, -0.2) is 28.6 Å². The predicted octanol–water partition coefficient (Wildman–Crippen LogP) is 1.82. The van der Waals surface area contributed by atoms with Crippen molar-refractivity contribution in [1.82, 2.24) is 5.32 Å². The number of hydrogen-bond acceptors (Lipinski definition) is 3. The number of ether oxygens (including phenoxy) is 1. The Morgan fingerprint density at radius 2 is 1.89 bits per heavy atom. The van der Waals surface area contributed by atoms with E-state index in [0.717, 1.165) is 0 Å². The standard InChI is InChI=1S/C14H19NO4/c1-4-11(19-10-8-6-5-7-9-10)12(16)15-14(2,3)13(17)18/h5-9,11H,4H2,1-3H3,(H,15,16)(H,17,18). The van der Waals surface area contributed by atoms with Gasteiger partial charge in [-0.3, -0.25) is 4.79 Å². The van der Waals surface area contributed by atoms with Gasteiger partial charge in [-0.15, -0.1) is 0 Å². The number of nitrogens with one attached hydrogen (secondary N) is 1. The van der Waals surface area contributed by atoms with Crippen LogP contribution in [0.3, 0.4) is 0 Å². The minimum atomic E-state index is -1.31. The molecule has 0 aliphatic heterocycles. The molecule has 1 atom stereocenters. The number of hydrogen-bond donors (Lipinski definition) is 2. The topological polar surface area (TPSA) is 75.6 Å². The summed E-state index contributed by atoms with van der Waals surface area (Å²) in [5.41, 5.74) is -1.31. The van der Waals surface area contributed by atoms with E-state index in [9.17, 15) is 9.59 Å². The summed E-state index contributed by atoms with van der Waals surface area (Å²) >= 11 is 0. The molecule has 1 rings (SSSR count). The van der Waals surface area contributed by atoms with Gasteiger partial charge in [0.05, 0.1) is 0 Å². The van der Waals surface area contributed by atoms with E-state index in [1.807, 2.05) is 6.07 Å². The van der Waals surface area contributed by atoms with E-state index in [4.69, 9.17) is 9.84 Å². The highest BCUT2D eigenvalue weighted by atomic mass is 16.5. The Hall–Kier alpha value is -2.04. The average Bonchev–Trinajstić information content (AvgIpc) is 2.36. The van der Waals surface area contributed by atoms with Gasteiger partial charge in [-0.1, -0.05) is 25.1 Å². The number of carboxylic acid groups (broad SMARTS) is 1. The van der Waals surface area contributed by atoms with Gasteiger partial charge in [0, 0.05) is 0 Å². The van der Waals surface area contributed by atoms with Gasteiger partial charge in [0.15, 0.2) is 6.10 Å². The van der Waals surface area contributed by atoms with E-state index >= 15 is 0 Å². The number of aliphatic carboxylic acids is 1. The Labute approximate surface area is 112 Å². The first-order chi connectivity index (χ1) is 8.86. The molecule has 0 heterocycles. The van der Waals surface area contributed by atoms with Crippen LogP contribution >= 0.6 is 0 Å². The lowest BCUT2D eigenvalue weighted by atomic mass is 10.1. The highest BCUT2D eigenvalue weighted by Crippen LogP contribution is 2.13. The smallest absolute Gasteiger partial charge is 0.328 e. The molecule has 19 heavy (non-hydrogen) atoms. The largest absolute Gasteiger partial charge is 0.481 e. The van der Waals surface area contributed by atoms with Crippen molar-refractivity contribution in [3.05, 3.63) is 30.3 Å². The second-order valence-corrected chi connectivity index (χ2v) is 4.75. The minimum absolute atomic E-state index is 0.432. The molecule has 0 aliphatic carbocycles. The molecule has 5 heteroatoms. The predicted molar refractivity (Wildman–Crippen MR) is 71.0 cm³/mol. The summed E-state index contributed by atoms with van der Waals surface area (Å²) in [6, 6.07) is 8.96. The van der Waals surface area contributed by atoms with Gasteiger partial charge in [-0.05, 0) is 32.4 Å². The van der Waals surface area contributed by atoms with Gasteiger partial charge in [0.1, 0.15) is 11.3 Å². The molecule has 1 amide bonds. The summed E-state index contributed by atoms with van der Waals surface area (Å²) in [5.74, 6) is -0.938. The molecule has 5 nitrogen and oxygen atoms in total. The third-order valence-electron chi connectivity index (χ3n) is 2.66. The van der Waals surface area contributed by atoms with Crippen molar-refractivity contribution in [2.24, 2.45) is 0 Å². The molecule has 0 aromatic heterocycles. The molecular weight excluding hydrogens is 246 g/mol. The summed E-state index contributed by atoms with van der Waals surface area (Å²) in [6.07, 6.45) is -0.253.